The van der Waals surface area contributed by atoms with E-state index in [0.29, 0.717) is 16.7 Å². The van der Waals surface area contributed by atoms with Crippen LogP contribution in [0.3, 0.4) is 0 Å². The number of carboxylic acid groups (broad SMARTS) is 2. The summed E-state index contributed by atoms with van der Waals surface area (Å²) >= 11 is 0. The van der Waals surface area contributed by atoms with Crippen molar-refractivity contribution in [1.29, 1.82) is 5.41 Å². The van der Waals surface area contributed by atoms with Crippen molar-refractivity contribution in [3.8, 4) is 5.75 Å². The fraction of sp³-hybridized carbons (Fsp3) is 0.512. The molecule has 0 unspecified atom stereocenters. The predicted octanol–water partition coefficient (Wildman–Crippen LogP) is -2.16. The third kappa shape index (κ3) is 38.7. The van der Waals surface area contributed by atoms with Crippen LogP contribution in [0.15, 0.2) is 115 Å². The van der Waals surface area contributed by atoms with Crippen LogP contribution in [0.2, 0.25) is 0 Å². The van der Waals surface area contributed by atoms with Crippen molar-refractivity contribution in [3.63, 3.8) is 0 Å². The van der Waals surface area contributed by atoms with Crippen molar-refractivity contribution >= 4 is 107 Å². The van der Waals surface area contributed by atoms with Crippen molar-refractivity contribution in [1.82, 2.24) is 74.4 Å². The van der Waals surface area contributed by atoms with Crippen LogP contribution in [-0.2, 0) is 107 Å². The molecule has 0 aromatic heterocycles. The second-order valence-electron chi connectivity index (χ2n) is 32.2. The van der Waals surface area contributed by atoms with Gasteiger partial charge in [0.05, 0.1) is 18.7 Å². The molecule has 15 atom stereocenters. The third-order valence-corrected chi connectivity index (χ3v) is 20.2. The molecule has 0 saturated carbocycles. The van der Waals surface area contributed by atoms with Crippen LogP contribution < -0.4 is 97.4 Å². The summed E-state index contributed by atoms with van der Waals surface area (Å²) < 4.78 is 0. The van der Waals surface area contributed by atoms with E-state index in [4.69, 9.17) is 28.3 Å². The first-order valence-corrected chi connectivity index (χ1v) is 41.8. The number of benzene rings is 4. The number of aliphatic hydroxyl groups is 1. The van der Waals surface area contributed by atoms with Gasteiger partial charge < -0.3 is 118 Å². The zero-order chi connectivity index (χ0) is 94.0. The van der Waals surface area contributed by atoms with Crippen molar-refractivity contribution in [2.24, 2.45) is 46.6 Å². The molecule has 0 aliphatic rings. The van der Waals surface area contributed by atoms with Crippen molar-refractivity contribution in [2.45, 2.75) is 243 Å². The molecular weight excluding hydrogens is 1640 g/mol. The highest BCUT2D eigenvalue weighted by atomic mass is 16.4. The van der Waals surface area contributed by atoms with E-state index < -0.39 is 260 Å². The summed E-state index contributed by atoms with van der Waals surface area (Å²) in [5, 5.41) is 84.2. The normalized spacial score (nSPS) is 14.7. The standard InChI is InChI=1S/C86H125N19O21/c1-10-49(8)71(104-80(120)64(42-52-23-16-12-17-24-52)101-82(122)70(48(6)7)103-73(113)56(87)41-51-21-14-11-15-22-51)83(123)102-65(43-53-25-18-13-19-26-53)81(121)105-72(50(9)106)84(124)100-63(44-54-28-30-55(107)31-29-54)74(114)93-45-68(110)94-58(34-37-69(111)112)76(116)99-61(39-46(2)3)78(118)96-59(32-35-66(88)108)77(117)95-57(27-20-38-92-86(90)91)75(115)98-62(40-47(4)5)79(119)97-60(85(125)126)33-36-67(89)109/h11-19,21-26,28-31,46-50,56-65,70-72,106-107H,10,20,27,32-45,87H2,1-9H3,(H2,88,108)(H2,89,109)(H,93,114)(H,94,110)(H,95,117)(H,96,118)(H,97,119)(H,98,115)(H,99,116)(H,100,124)(H,101,122)(H,102,123)(H,103,113)(H,104,120)(H,105,121)(H,111,112)(H,125,126)(H4,90,91,92)/t49-,50+,56-,57-,58-,59-,60-,61-,62-,63-,64-,65-,70-,71-,72-/m0/s1. The van der Waals surface area contributed by atoms with Crippen molar-refractivity contribution in [2.75, 3.05) is 13.1 Å². The largest absolute Gasteiger partial charge is 0.508 e. The van der Waals surface area contributed by atoms with Gasteiger partial charge in [-0.15, -0.1) is 0 Å². The van der Waals surface area contributed by atoms with Gasteiger partial charge in [-0.2, -0.15) is 0 Å². The maximum atomic E-state index is 14.9. The maximum Gasteiger partial charge on any atom is 0.326 e. The molecule has 4 rings (SSSR count). The molecule has 4 aromatic carbocycles. The van der Waals surface area contributed by atoms with E-state index in [1.807, 2.05) is 18.2 Å². The Morgan fingerprint density at radius 3 is 1.13 bits per heavy atom. The topological polar surface area (TPSA) is 667 Å². The molecule has 0 bridgehead atoms. The van der Waals surface area contributed by atoms with Gasteiger partial charge in [0.2, 0.25) is 88.6 Å². The van der Waals surface area contributed by atoms with Gasteiger partial charge in [0.15, 0.2) is 5.96 Å². The van der Waals surface area contributed by atoms with E-state index in [9.17, 15) is 102 Å². The first-order chi connectivity index (χ1) is 59.4. The Morgan fingerprint density at radius 1 is 0.373 bits per heavy atom. The number of phenolic OH excluding ortho intramolecular Hbond substituents is 1. The van der Waals surface area contributed by atoms with Gasteiger partial charge in [-0.05, 0) is 116 Å². The molecule has 0 aliphatic heterocycles. The second kappa shape index (κ2) is 53.8. The molecule has 0 heterocycles. The number of guanidine groups is 1. The zero-order valence-corrected chi connectivity index (χ0v) is 72.4. The average Bonchev–Trinajstić information content (AvgIpc) is 0.841. The Bertz CT molecular complexity index is 4330. The molecule has 690 valence electrons. The summed E-state index contributed by atoms with van der Waals surface area (Å²) in [7, 11) is 0. The predicted molar refractivity (Wildman–Crippen MR) is 462 cm³/mol. The maximum absolute atomic E-state index is 14.9. The number of hydrogen-bond donors (Lipinski definition) is 23. The van der Waals surface area contributed by atoms with Gasteiger partial charge in [-0.1, -0.05) is 165 Å². The quantitative estimate of drug-likeness (QED) is 0.0127. The lowest BCUT2D eigenvalue weighted by molar-refractivity contribution is -0.143. The van der Waals surface area contributed by atoms with Gasteiger partial charge in [0.25, 0.3) is 0 Å². The number of phenols is 1. The molecule has 0 fully saturated rings. The molecule has 40 nitrogen and oxygen atoms in total. The molecule has 0 spiro atoms. The zero-order valence-electron chi connectivity index (χ0n) is 72.4. The van der Waals surface area contributed by atoms with Crippen LogP contribution >= 0.6 is 0 Å². The van der Waals surface area contributed by atoms with Crippen LogP contribution in [-0.4, -0.2) is 225 Å². The van der Waals surface area contributed by atoms with E-state index in [0.717, 1.165) is 12.5 Å². The van der Waals surface area contributed by atoms with Crippen LogP contribution in [0.4, 0.5) is 0 Å². The monoisotopic (exact) mass is 1760 g/mol. The van der Waals surface area contributed by atoms with Crippen LogP contribution in [0.5, 0.6) is 5.75 Å². The number of carbonyl (C=O) groups excluding carboxylic acids is 15. The van der Waals surface area contributed by atoms with Crippen LogP contribution in [0, 0.1) is 29.1 Å². The minimum Gasteiger partial charge on any atom is -0.508 e. The molecule has 0 radical (unpaired) electrons. The Hall–Kier alpha value is -13.1. The lowest BCUT2D eigenvalue weighted by Crippen LogP contribution is -2.63. The average molecular weight is 1760 g/mol. The summed E-state index contributed by atoms with van der Waals surface area (Å²) in [6.45, 7) is 13.6. The van der Waals surface area contributed by atoms with Gasteiger partial charge in [-0.25, -0.2) is 4.79 Å². The van der Waals surface area contributed by atoms with E-state index in [2.05, 4.69) is 74.4 Å². The number of aliphatic carboxylic acids is 2. The third-order valence-electron chi connectivity index (χ3n) is 20.2. The summed E-state index contributed by atoms with van der Waals surface area (Å²) in [4.78, 5) is 235. The Balaban J connectivity index is 1.61. The highest BCUT2D eigenvalue weighted by molar-refractivity contribution is 6.00. The fourth-order valence-corrected chi connectivity index (χ4v) is 13.1. The Morgan fingerprint density at radius 2 is 0.722 bits per heavy atom. The molecule has 27 N–H and O–H groups in total. The van der Waals surface area contributed by atoms with E-state index in [1.165, 1.54) is 24.3 Å². The minimum absolute atomic E-state index is 0.0192. The number of aromatic hydroxyl groups is 1. The van der Waals surface area contributed by atoms with Crippen molar-refractivity contribution in [3.05, 3.63) is 138 Å². The van der Waals surface area contributed by atoms with E-state index in [1.54, 1.807) is 128 Å². The Kier molecular flexibility index (Phi) is 44.9. The smallest absolute Gasteiger partial charge is 0.326 e. The highest BCUT2D eigenvalue weighted by Gasteiger charge is 2.40. The van der Waals surface area contributed by atoms with Crippen LogP contribution in [0.1, 0.15) is 155 Å². The molecule has 40 heteroatoms. The molecule has 4 aromatic rings. The first-order valence-electron chi connectivity index (χ1n) is 41.8. The number of amides is 15. The number of primary amides is 2. The molecular formula is C86H125N19O21. The summed E-state index contributed by atoms with van der Waals surface area (Å²) in [6, 6.07) is 11.5. The number of nitrogens with two attached hydrogens (primary N) is 4. The number of rotatable bonds is 56. The number of carbonyl (C=O) groups is 17. The molecule has 15 amide bonds. The molecule has 0 aliphatic carbocycles. The number of carboxylic acids is 2. The lowest BCUT2D eigenvalue weighted by atomic mass is 9.95. The first kappa shape index (κ1) is 105. The van der Waals surface area contributed by atoms with E-state index >= 15 is 0 Å². The second-order valence-corrected chi connectivity index (χ2v) is 32.2. The van der Waals surface area contributed by atoms with Crippen molar-refractivity contribution < 1.29 is 102 Å². The SMILES string of the molecule is CC[C@H](C)[C@H](NC(=O)[C@H](Cc1ccccc1)NC(=O)[C@@H](NC(=O)[C@@H](N)Cc1ccccc1)C(C)C)C(=O)N[C@@H](Cc1ccccc1)C(=O)N[C@H](C(=O)N[C@@H](Cc1ccc(O)cc1)C(=O)NCC(=O)N[C@@H](CCC(=O)O)C(=O)N[C@@H](CC(C)C)C(=O)N[C@@H](CCC(N)=O)C(=O)N[C@@H](CCCNC(=N)N)C(=O)N[C@@H](CC(C)C)C(=O)N[C@@H](CCC(N)=O)C(=O)O)[C@@H](C)O. The van der Waals surface area contributed by atoms with Gasteiger partial charge in [0, 0.05) is 45.1 Å². The van der Waals surface area contributed by atoms with Gasteiger partial charge in [0.1, 0.15) is 78.3 Å². The summed E-state index contributed by atoms with van der Waals surface area (Å²) in [6.07, 6.45) is -5.77. The van der Waals surface area contributed by atoms with Crippen LogP contribution in [0.25, 0.3) is 0 Å². The highest BCUT2D eigenvalue weighted by Crippen LogP contribution is 2.18. The molecule has 126 heavy (non-hydrogen) atoms. The number of nitrogens with one attached hydrogen (secondary N) is 15. The number of hydrogen-bond acceptors (Lipinski definition) is 21. The van der Waals surface area contributed by atoms with E-state index in [-0.39, 0.29) is 69.6 Å². The fourth-order valence-electron chi connectivity index (χ4n) is 13.1. The summed E-state index contributed by atoms with van der Waals surface area (Å²) in [5.74, 6) is -20.1. The minimum atomic E-state index is -1.92. The molecule has 0 saturated heterocycles. The Labute approximate surface area is 731 Å². The van der Waals surface area contributed by atoms with Gasteiger partial charge in [-0.3, -0.25) is 82.1 Å². The number of aliphatic hydroxyl groups excluding tert-OH is 1. The van der Waals surface area contributed by atoms with Gasteiger partial charge >= 0.3 is 11.9 Å². The lowest BCUT2D eigenvalue weighted by Gasteiger charge is -2.30. The summed E-state index contributed by atoms with van der Waals surface area (Å²) in [5.41, 5.74) is 24.7.